The summed E-state index contributed by atoms with van der Waals surface area (Å²) in [4.78, 5) is 21.2. The number of rotatable bonds is 6. The predicted molar refractivity (Wildman–Crippen MR) is 106 cm³/mol. The molecule has 3 heterocycles. The lowest BCUT2D eigenvalue weighted by atomic mass is 10.2. The van der Waals surface area contributed by atoms with Crippen molar-refractivity contribution in [1.82, 2.24) is 30.2 Å². The topological polar surface area (TPSA) is 98.7 Å². The van der Waals surface area contributed by atoms with E-state index in [1.807, 2.05) is 6.92 Å². The number of amides is 1. The molecule has 0 aliphatic heterocycles. The molecule has 0 aliphatic carbocycles. The summed E-state index contributed by atoms with van der Waals surface area (Å²) in [5.74, 6) is 0.873. The van der Waals surface area contributed by atoms with Crippen LogP contribution in [-0.2, 0) is 13.0 Å². The van der Waals surface area contributed by atoms with Crippen LogP contribution >= 0.6 is 0 Å². The average Bonchev–Trinajstić information content (AvgIpc) is 3.40. The van der Waals surface area contributed by atoms with Crippen molar-refractivity contribution in [1.29, 1.82) is 0 Å². The molecule has 0 fully saturated rings. The quantitative estimate of drug-likeness (QED) is 0.528. The fraction of sp³-hybridized carbons (Fsp3) is 0.190. The van der Waals surface area contributed by atoms with Crippen LogP contribution in [-0.4, -0.2) is 30.8 Å². The summed E-state index contributed by atoms with van der Waals surface area (Å²) in [5.41, 5.74) is 2.12. The van der Waals surface area contributed by atoms with Gasteiger partial charge < -0.3 is 9.84 Å². The van der Waals surface area contributed by atoms with E-state index in [4.69, 9.17) is 4.52 Å². The third-order valence-corrected chi connectivity index (χ3v) is 4.65. The van der Waals surface area contributed by atoms with Gasteiger partial charge in [-0.1, -0.05) is 30.3 Å². The molecule has 1 aromatic carbocycles. The molecule has 30 heavy (non-hydrogen) atoms. The summed E-state index contributed by atoms with van der Waals surface area (Å²) in [6.07, 6.45) is 3.76. The molecule has 0 saturated heterocycles. The van der Waals surface area contributed by atoms with Crippen LogP contribution in [0.1, 0.15) is 34.4 Å². The van der Waals surface area contributed by atoms with Gasteiger partial charge in [0.2, 0.25) is 0 Å². The fourth-order valence-electron chi connectivity index (χ4n) is 2.93. The third-order valence-electron chi connectivity index (χ3n) is 4.65. The van der Waals surface area contributed by atoms with Gasteiger partial charge in [-0.15, -0.1) is 0 Å². The molecule has 152 valence electrons. The first-order valence-corrected chi connectivity index (χ1v) is 9.42. The maximum absolute atomic E-state index is 13.7. The van der Waals surface area contributed by atoms with Crippen molar-refractivity contribution in [2.45, 2.75) is 26.8 Å². The number of carbonyl (C=O) groups excluding carboxylic acids is 1. The normalized spacial score (nSPS) is 10.9. The Labute approximate surface area is 171 Å². The SMILES string of the molecule is CCc1noc(-c2ccc(-n3ncc(C(=O)NCc4ccccc4F)c3C)nc2)n1. The second kappa shape index (κ2) is 8.24. The molecule has 0 aliphatic rings. The number of aromatic nitrogens is 5. The van der Waals surface area contributed by atoms with Crippen LogP contribution in [0.4, 0.5) is 4.39 Å². The summed E-state index contributed by atoms with van der Waals surface area (Å²) < 4.78 is 20.5. The molecule has 1 amide bonds. The molecule has 4 aromatic rings. The van der Waals surface area contributed by atoms with Crippen molar-refractivity contribution in [3.8, 4) is 17.3 Å². The zero-order valence-corrected chi connectivity index (χ0v) is 16.5. The Morgan fingerprint density at radius 1 is 1.20 bits per heavy atom. The number of halogens is 1. The first kappa shape index (κ1) is 19.4. The molecule has 9 heteroatoms. The number of hydrogen-bond acceptors (Lipinski definition) is 6. The van der Waals surface area contributed by atoms with E-state index < -0.39 is 0 Å². The van der Waals surface area contributed by atoms with E-state index in [1.54, 1.807) is 48.1 Å². The first-order chi connectivity index (χ1) is 14.6. The minimum atomic E-state index is -0.359. The highest BCUT2D eigenvalue weighted by Crippen LogP contribution is 2.19. The number of benzene rings is 1. The van der Waals surface area contributed by atoms with Gasteiger partial charge in [0.05, 0.1) is 23.0 Å². The summed E-state index contributed by atoms with van der Waals surface area (Å²) in [5, 5.41) is 10.9. The lowest BCUT2D eigenvalue weighted by Gasteiger charge is -2.07. The van der Waals surface area contributed by atoms with Crippen LogP contribution in [0.25, 0.3) is 17.3 Å². The van der Waals surface area contributed by atoms with E-state index in [0.717, 1.165) is 0 Å². The fourth-order valence-corrected chi connectivity index (χ4v) is 2.93. The highest BCUT2D eigenvalue weighted by Gasteiger charge is 2.16. The Morgan fingerprint density at radius 2 is 2.03 bits per heavy atom. The van der Waals surface area contributed by atoms with Crippen LogP contribution in [0.15, 0.2) is 53.3 Å². The number of nitrogens with zero attached hydrogens (tertiary/aromatic N) is 5. The Hall–Kier alpha value is -3.88. The Bertz CT molecular complexity index is 1180. The second-order valence-corrected chi connectivity index (χ2v) is 6.60. The van der Waals surface area contributed by atoms with E-state index in [2.05, 4.69) is 25.5 Å². The smallest absolute Gasteiger partial charge is 0.259 e. The van der Waals surface area contributed by atoms with Crippen LogP contribution in [0.2, 0.25) is 0 Å². The van der Waals surface area contributed by atoms with Gasteiger partial charge in [0, 0.05) is 24.7 Å². The minimum absolute atomic E-state index is 0.0903. The standard InChI is InChI=1S/C21H19FN6O2/c1-3-18-26-21(30-27-18)15-8-9-19(23-11-15)28-13(2)16(12-25-28)20(29)24-10-14-6-4-5-7-17(14)22/h4-9,11-12H,3,10H2,1-2H3,(H,24,29). The summed E-state index contributed by atoms with van der Waals surface area (Å²) >= 11 is 0. The van der Waals surface area contributed by atoms with Gasteiger partial charge in [-0.25, -0.2) is 14.1 Å². The molecule has 0 spiro atoms. The Kier molecular flexibility index (Phi) is 5.34. The van der Waals surface area contributed by atoms with Crippen molar-refractivity contribution < 1.29 is 13.7 Å². The van der Waals surface area contributed by atoms with Crippen molar-refractivity contribution >= 4 is 5.91 Å². The summed E-state index contributed by atoms with van der Waals surface area (Å²) in [7, 11) is 0. The highest BCUT2D eigenvalue weighted by molar-refractivity contribution is 5.95. The summed E-state index contributed by atoms with van der Waals surface area (Å²) in [6, 6.07) is 9.87. The van der Waals surface area contributed by atoms with Gasteiger partial charge >= 0.3 is 0 Å². The zero-order valence-electron chi connectivity index (χ0n) is 16.5. The van der Waals surface area contributed by atoms with Gasteiger partial charge in [-0.3, -0.25) is 4.79 Å². The van der Waals surface area contributed by atoms with E-state index in [9.17, 15) is 9.18 Å². The lowest BCUT2D eigenvalue weighted by molar-refractivity contribution is 0.0950. The largest absolute Gasteiger partial charge is 0.348 e. The molecule has 0 unspecified atom stereocenters. The van der Waals surface area contributed by atoms with Gasteiger partial charge in [0.15, 0.2) is 11.6 Å². The molecule has 3 aromatic heterocycles. The zero-order chi connectivity index (χ0) is 21.1. The monoisotopic (exact) mass is 406 g/mol. The van der Waals surface area contributed by atoms with Gasteiger partial charge in [0.25, 0.3) is 11.8 Å². The van der Waals surface area contributed by atoms with Crippen LogP contribution in [0.3, 0.4) is 0 Å². The Balaban J connectivity index is 1.49. The number of pyridine rings is 1. The number of hydrogen-bond donors (Lipinski definition) is 1. The Morgan fingerprint density at radius 3 is 2.73 bits per heavy atom. The number of carbonyl (C=O) groups is 1. The van der Waals surface area contributed by atoms with E-state index in [1.165, 1.54) is 12.3 Å². The molecule has 0 atom stereocenters. The van der Waals surface area contributed by atoms with Crippen LogP contribution in [0, 0.1) is 12.7 Å². The average molecular weight is 406 g/mol. The summed E-state index contributed by atoms with van der Waals surface area (Å²) in [6.45, 7) is 3.81. The lowest BCUT2D eigenvalue weighted by Crippen LogP contribution is -2.23. The van der Waals surface area contributed by atoms with Crippen molar-refractivity contribution in [3.63, 3.8) is 0 Å². The van der Waals surface area contributed by atoms with Gasteiger partial charge in [-0.05, 0) is 25.1 Å². The molecule has 0 bridgehead atoms. The van der Waals surface area contributed by atoms with Crippen LogP contribution < -0.4 is 5.32 Å². The van der Waals surface area contributed by atoms with Crippen molar-refractivity contribution in [3.05, 3.63) is 77.3 Å². The highest BCUT2D eigenvalue weighted by atomic mass is 19.1. The first-order valence-electron chi connectivity index (χ1n) is 9.42. The van der Waals surface area contributed by atoms with Gasteiger partial charge in [-0.2, -0.15) is 10.1 Å². The number of aryl methyl sites for hydroxylation is 1. The minimum Gasteiger partial charge on any atom is -0.348 e. The second-order valence-electron chi connectivity index (χ2n) is 6.60. The molecular weight excluding hydrogens is 387 g/mol. The molecule has 4 rings (SSSR count). The van der Waals surface area contributed by atoms with Crippen molar-refractivity contribution in [2.24, 2.45) is 0 Å². The maximum atomic E-state index is 13.7. The van der Waals surface area contributed by atoms with Crippen molar-refractivity contribution in [2.75, 3.05) is 0 Å². The van der Waals surface area contributed by atoms with Gasteiger partial charge in [0.1, 0.15) is 5.82 Å². The van der Waals surface area contributed by atoms with E-state index in [-0.39, 0.29) is 18.3 Å². The number of nitrogens with one attached hydrogen (secondary N) is 1. The maximum Gasteiger partial charge on any atom is 0.259 e. The van der Waals surface area contributed by atoms with E-state index in [0.29, 0.717) is 46.3 Å². The molecule has 1 N–H and O–H groups in total. The molecule has 0 radical (unpaired) electrons. The predicted octanol–water partition coefficient (Wildman–Crippen LogP) is 3.26. The molecule has 0 saturated carbocycles. The molecule has 8 nitrogen and oxygen atoms in total. The van der Waals surface area contributed by atoms with Crippen LogP contribution in [0.5, 0.6) is 0 Å². The third kappa shape index (κ3) is 3.82. The van der Waals surface area contributed by atoms with E-state index >= 15 is 0 Å². The molecular formula is C21H19FN6O2.